The molecular formula is C16H13IN2O2. The fraction of sp³-hybridized carbons (Fsp3) is 0.0625. The van der Waals surface area contributed by atoms with Crippen molar-refractivity contribution >= 4 is 45.1 Å². The van der Waals surface area contributed by atoms with Gasteiger partial charge in [0.25, 0.3) is 5.91 Å². The van der Waals surface area contributed by atoms with Gasteiger partial charge in [-0.05, 0) is 65.1 Å². The van der Waals surface area contributed by atoms with Crippen LogP contribution in [0.15, 0.2) is 48.5 Å². The summed E-state index contributed by atoms with van der Waals surface area (Å²) in [4.78, 5) is 15.4. The first-order valence-corrected chi connectivity index (χ1v) is 7.47. The van der Waals surface area contributed by atoms with Crippen LogP contribution in [0, 0.1) is 3.57 Å². The maximum Gasteiger partial charge on any atom is 0.272 e. The zero-order valence-electron chi connectivity index (χ0n) is 11.3. The Kier molecular flexibility index (Phi) is 3.83. The molecule has 0 aliphatic carbocycles. The number of anilines is 1. The predicted octanol–water partition coefficient (Wildman–Crippen LogP) is 4.03. The van der Waals surface area contributed by atoms with Crippen LogP contribution in [0.3, 0.4) is 0 Å². The van der Waals surface area contributed by atoms with Crippen LogP contribution < -0.4 is 10.1 Å². The van der Waals surface area contributed by atoms with Crippen LogP contribution in [0.2, 0.25) is 0 Å². The van der Waals surface area contributed by atoms with Crippen molar-refractivity contribution in [2.24, 2.45) is 0 Å². The normalized spacial score (nSPS) is 10.6. The van der Waals surface area contributed by atoms with Crippen LogP contribution in [0.1, 0.15) is 10.5 Å². The van der Waals surface area contributed by atoms with Gasteiger partial charge in [0.05, 0.1) is 7.11 Å². The summed E-state index contributed by atoms with van der Waals surface area (Å²) in [7, 11) is 1.62. The highest BCUT2D eigenvalue weighted by Crippen LogP contribution is 2.22. The van der Waals surface area contributed by atoms with Gasteiger partial charge in [0.15, 0.2) is 0 Å². The van der Waals surface area contributed by atoms with E-state index in [0.717, 1.165) is 25.9 Å². The number of amides is 1. The van der Waals surface area contributed by atoms with E-state index in [-0.39, 0.29) is 5.91 Å². The summed E-state index contributed by atoms with van der Waals surface area (Å²) in [5.41, 5.74) is 2.18. The Morgan fingerprint density at radius 1 is 1.14 bits per heavy atom. The van der Waals surface area contributed by atoms with Crippen LogP contribution in [-0.4, -0.2) is 18.0 Å². The number of ether oxygens (including phenoxy) is 1. The molecule has 1 amide bonds. The Hall–Kier alpha value is -2.02. The minimum absolute atomic E-state index is 0.161. The number of hydrogen-bond donors (Lipinski definition) is 2. The predicted molar refractivity (Wildman–Crippen MR) is 92.0 cm³/mol. The van der Waals surface area contributed by atoms with Gasteiger partial charge in [-0.15, -0.1) is 0 Å². The van der Waals surface area contributed by atoms with E-state index in [9.17, 15) is 4.79 Å². The fourth-order valence-corrected chi connectivity index (χ4v) is 2.45. The van der Waals surface area contributed by atoms with Crippen molar-refractivity contribution in [2.75, 3.05) is 12.4 Å². The molecule has 0 spiro atoms. The first kappa shape index (κ1) is 13.9. The van der Waals surface area contributed by atoms with Crippen LogP contribution >= 0.6 is 22.6 Å². The lowest BCUT2D eigenvalue weighted by molar-refractivity contribution is 0.102. The number of nitrogens with one attached hydrogen (secondary N) is 2. The summed E-state index contributed by atoms with van der Waals surface area (Å²) < 4.78 is 6.31. The number of benzene rings is 2. The summed E-state index contributed by atoms with van der Waals surface area (Å²) in [6, 6.07) is 15.2. The number of methoxy groups -OCH3 is 1. The Balaban J connectivity index is 1.85. The molecule has 0 unspecified atom stereocenters. The molecular weight excluding hydrogens is 379 g/mol. The molecule has 1 heterocycles. The van der Waals surface area contributed by atoms with Gasteiger partial charge in [-0.25, -0.2) is 0 Å². The van der Waals surface area contributed by atoms with E-state index in [0.29, 0.717) is 5.69 Å². The van der Waals surface area contributed by atoms with Gasteiger partial charge >= 0.3 is 0 Å². The van der Waals surface area contributed by atoms with E-state index < -0.39 is 0 Å². The standard InChI is InChI=1S/C16H13IN2O2/c1-21-13-7-2-10-8-15(19-14(10)9-13)16(20)18-12-5-3-11(17)4-6-12/h2-9,19H,1H3,(H,18,20). The second-order valence-corrected chi connectivity index (χ2v) is 5.84. The number of H-pyrrole nitrogens is 1. The highest BCUT2D eigenvalue weighted by molar-refractivity contribution is 14.1. The Bertz CT molecular complexity index is 794. The van der Waals surface area contributed by atoms with Crippen molar-refractivity contribution < 1.29 is 9.53 Å². The second-order valence-electron chi connectivity index (χ2n) is 4.60. The number of rotatable bonds is 3. The summed E-state index contributed by atoms with van der Waals surface area (Å²) >= 11 is 2.23. The monoisotopic (exact) mass is 392 g/mol. The average molecular weight is 392 g/mol. The molecule has 2 N–H and O–H groups in total. The molecule has 0 aliphatic heterocycles. The van der Waals surface area contributed by atoms with Crippen molar-refractivity contribution in [1.82, 2.24) is 4.98 Å². The lowest BCUT2D eigenvalue weighted by Crippen LogP contribution is -2.12. The van der Waals surface area contributed by atoms with E-state index in [4.69, 9.17) is 4.74 Å². The molecule has 0 atom stereocenters. The third kappa shape index (κ3) is 3.02. The molecule has 3 aromatic rings. The van der Waals surface area contributed by atoms with E-state index in [1.54, 1.807) is 7.11 Å². The average Bonchev–Trinajstić information content (AvgIpc) is 2.92. The molecule has 0 bridgehead atoms. The van der Waals surface area contributed by atoms with E-state index in [1.165, 1.54) is 0 Å². The molecule has 4 nitrogen and oxygen atoms in total. The number of carbonyl (C=O) groups is 1. The van der Waals surface area contributed by atoms with Crippen molar-refractivity contribution in [3.05, 3.63) is 57.8 Å². The van der Waals surface area contributed by atoms with Crippen molar-refractivity contribution in [2.45, 2.75) is 0 Å². The van der Waals surface area contributed by atoms with Gasteiger partial charge in [-0.1, -0.05) is 0 Å². The minimum atomic E-state index is -0.161. The molecule has 0 aliphatic rings. The number of carbonyl (C=O) groups excluding carboxylic acids is 1. The quantitative estimate of drug-likeness (QED) is 0.662. The van der Waals surface area contributed by atoms with Crippen LogP contribution in [0.5, 0.6) is 5.75 Å². The summed E-state index contributed by atoms with van der Waals surface area (Å²) in [6.07, 6.45) is 0. The second kappa shape index (κ2) is 5.77. The van der Waals surface area contributed by atoms with Gasteiger partial charge in [0.1, 0.15) is 11.4 Å². The number of aromatic amines is 1. The van der Waals surface area contributed by atoms with E-state index >= 15 is 0 Å². The maximum atomic E-state index is 12.2. The van der Waals surface area contributed by atoms with Crippen LogP contribution in [0.4, 0.5) is 5.69 Å². The Morgan fingerprint density at radius 3 is 2.62 bits per heavy atom. The summed E-state index contributed by atoms with van der Waals surface area (Å²) in [5.74, 6) is 0.598. The Morgan fingerprint density at radius 2 is 1.90 bits per heavy atom. The summed E-state index contributed by atoms with van der Waals surface area (Å²) in [6.45, 7) is 0. The SMILES string of the molecule is COc1ccc2cc(C(=O)Nc3ccc(I)cc3)[nH]c2c1. The van der Waals surface area contributed by atoms with Gasteiger partial charge in [0, 0.05) is 26.2 Å². The highest BCUT2D eigenvalue weighted by atomic mass is 127. The number of aromatic nitrogens is 1. The first-order chi connectivity index (χ1) is 10.2. The topological polar surface area (TPSA) is 54.1 Å². The fourth-order valence-electron chi connectivity index (χ4n) is 2.09. The van der Waals surface area contributed by atoms with Gasteiger partial charge in [-0.2, -0.15) is 0 Å². The first-order valence-electron chi connectivity index (χ1n) is 6.39. The molecule has 0 radical (unpaired) electrons. The molecule has 2 aromatic carbocycles. The molecule has 21 heavy (non-hydrogen) atoms. The number of hydrogen-bond acceptors (Lipinski definition) is 2. The van der Waals surface area contributed by atoms with Crippen LogP contribution in [-0.2, 0) is 0 Å². The zero-order valence-corrected chi connectivity index (χ0v) is 13.5. The number of fused-ring (bicyclic) bond motifs is 1. The van der Waals surface area contributed by atoms with Crippen molar-refractivity contribution in [3.8, 4) is 5.75 Å². The largest absolute Gasteiger partial charge is 0.497 e. The van der Waals surface area contributed by atoms with Gasteiger partial charge in [0.2, 0.25) is 0 Å². The lowest BCUT2D eigenvalue weighted by Gasteiger charge is -2.03. The minimum Gasteiger partial charge on any atom is -0.497 e. The lowest BCUT2D eigenvalue weighted by atomic mass is 10.2. The molecule has 1 aromatic heterocycles. The molecule has 0 saturated heterocycles. The van der Waals surface area contributed by atoms with Crippen LogP contribution in [0.25, 0.3) is 10.9 Å². The third-order valence-electron chi connectivity index (χ3n) is 3.18. The molecule has 0 fully saturated rings. The van der Waals surface area contributed by atoms with Gasteiger partial charge in [-0.3, -0.25) is 4.79 Å². The van der Waals surface area contributed by atoms with E-state index in [2.05, 4.69) is 32.9 Å². The van der Waals surface area contributed by atoms with Crippen molar-refractivity contribution in [1.29, 1.82) is 0 Å². The maximum absolute atomic E-state index is 12.2. The third-order valence-corrected chi connectivity index (χ3v) is 3.90. The zero-order chi connectivity index (χ0) is 14.8. The number of halogens is 1. The van der Waals surface area contributed by atoms with Gasteiger partial charge < -0.3 is 15.0 Å². The highest BCUT2D eigenvalue weighted by Gasteiger charge is 2.10. The van der Waals surface area contributed by atoms with E-state index in [1.807, 2.05) is 48.5 Å². The molecule has 0 saturated carbocycles. The summed E-state index contributed by atoms with van der Waals surface area (Å²) in [5, 5.41) is 3.85. The molecule has 3 rings (SSSR count). The molecule has 106 valence electrons. The Labute approximate surface area is 135 Å². The van der Waals surface area contributed by atoms with Crippen molar-refractivity contribution in [3.63, 3.8) is 0 Å². The molecule has 5 heteroatoms. The smallest absolute Gasteiger partial charge is 0.272 e.